The predicted molar refractivity (Wildman–Crippen MR) is 96.4 cm³/mol. The lowest BCUT2D eigenvalue weighted by atomic mass is 10.1. The van der Waals surface area contributed by atoms with E-state index in [1.165, 1.54) is 36.0 Å². The normalized spacial score (nSPS) is 12.4. The highest BCUT2D eigenvalue weighted by Gasteiger charge is 2.34. The molecule has 0 saturated carbocycles. The van der Waals surface area contributed by atoms with Crippen molar-refractivity contribution in [2.45, 2.75) is 25.2 Å². The van der Waals surface area contributed by atoms with Crippen LogP contribution in [0.5, 0.6) is 0 Å². The number of hydrogen-bond acceptors (Lipinski definition) is 3. The van der Waals surface area contributed by atoms with Crippen LogP contribution in [0.4, 0.5) is 37.7 Å². The Labute approximate surface area is 156 Å². The smallest absolute Gasteiger partial charge is 0.398 e. The molecule has 0 aliphatic carbocycles. The second kappa shape index (κ2) is 8.33. The molecule has 4 N–H and O–H groups in total. The first-order chi connectivity index (χ1) is 12.5. The highest BCUT2D eigenvalue weighted by atomic mass is 32.2. The van der Waals surface area contributed by atoms with E-state index in [1.54, 1.807) is 0 Å². The van der Waals surface area contributed by atoms with Gasteiger partial charge in [-0.2, -0.15) is 38.1 Å². The van der Waals surface area contributed by atoms with Crippen molar-refractivity contribution in [1.29, 1.82) is 0 Å². The third kappa shape index (κ3) is 5.47. The molecule has 0 aliphatic heterocycles. The summed E-state index contributed by atoms with van der Waals surface area (Å²) in [6, 6.07) is 7.56. The van der Waals surface area contributed by atoms with Crippen molar-refractivity contribution in [2.24, 2.45) is 0 Å². The third-order valence-corrected chi connectivity index (χ3v) is 5.02. The number of nitrogens with two attached hydrogens (primary N) is 2. The summed E-state index contributed by atoms with van der Waals surface area (Å²) in [5.74, 6) is 0.981. The fourth-order valence-electron chi connectivity index (χ4n) is 2.62. The summed E-state index contributed by atoms with van der Waals surface area (Å²) in [7, 11) is 0. The van der Waals surface area contributed by atoms with Gasteiger partial charge < -0.3 is 11.5 Å². The van der Waals surface area contributed by atoms with E-state index in [4.69, 9.17) is 11.5 Å². The van der Waals surface area contributed by atoms with Crippen molar-refractivity contribution < 1.29 is 26.3 Å². The lowest BCUT2D eigenvalue weighted by molar-refractivity contribution is -0.137. The number of halogens is 6. The van der Waals surface area contributed by atoms with Crippen LogP contribution in [0.15, 0.2) is 36.4 Å². The topological polar surface area (TPSA) is 52.0 Å². The number of thioether (sulfide) groups is 1. The minimum atomic E-state index is -4.51. The highest BCUT2D eigenvalue weighted by Crippen LogP contribution is 2.36. The Kier molecular flexibility index (Phi) is 6.56. The molecular weight excluding hydrogens is 390 g/mol. The monoisotopic (exact) mass is 408 g/mol. The summed E-state index contributed by atoms with van der Waals surface area (Å²) in [4.78, 5) is 0. The van der Waals surface area contributed by atoms with Crippen molar-refractivity contribution in [3.05, 3.63) is 58.7 Å². The van der Waals surface area contributed by atoms with Gasteiger partial charge in [-0.3, -0.25) is 0 Å². The van der Waals surface area contributed by atoms with Gasteiger partial charge in [-0.25, -0.2) is 0 Å². The molecule has 2 aromatic rings. The van der Waals surface area contributed by atoms with Crippen LogP contribution in [0.1, 0.15) is 22.3 Å². The summed E-state index contributed by atoms with van der Waals surface area (Å²) in [6.45, 7) is 0. The fourth-order valence-corrected chi connectivity index (χ4v) is 3.56. The Balaban J connectivity index is 1.91. The number of aryl methyl sites for hydroxylation is 2. The summed E-state index contributed by atoms with van der Waals surface area (Å²) in [5, 5.41) is 0. The Morgan fingerprint density at radius 2 is 1.04 bits per heavy atom. The first-order valence-electron chi connectivity index (χ1n) is 7.98. The van der Waals surface area contributed by atoms with Crippen LogP contribution in [0.3, 0.4) is 0 Å². The molecule has 0 atom stereocenters. The summed E-state index contributed by atoms with van der Waals surface area (Å²) in [5.41, 5.74) is 9.71. The van der Waals surface area contributed by atoms with Crippen molar-refractivity contribution in [3.63, 3.8) is 0 Å². The number of hydrogen-bond donors (Lipinski definition) is 2. The maximum Gasteiger partial charge on any atom is 0.418 e. The van der Waals surface area contributed by atoms with E-state index in [-0.39, 0.29) is 11.4 Å². The molecule has 27 heavy (non-hydrogen) atoms. The molecule has 9 heteroatoms. The molecule has 0 radical (unpaired) electrons. The molecule has 0 amide bonds. The summed E-state index contributed by atoms with van der Waals surface area (Å²) in [6.07, 6.45) is -8.35. The molecule has 0 aromatic heterocycles. The molecule has 0 aliphatic rings. The zero-order valence-electron chi connectivity index (χ0n) is 14.1. The van der Waals surface area contributed by atoms with Gasteiger partial charge in [-0.05, 0) is 47.6 Å². The molecule has 0 unspecified atom stereocenters. The fraction of sp³-hybridized carbons (Fsp3) is 0.333. The van der Waals surface area contributed by atoms with Crippen LogP contribution in [0.2, 0.25) is 0 Å². The highest BCUT2D eigenvalue weighted by molar-refractivity contribution is 7.99. The van der Waals surface area contributed by atoms with Gasteiger partial charge in [0.05, 0.1) is 11.1 Å². The van der Waals surface area contributed by atoms with E-state index < -0.39 is 23.5 Å². The van der Waals surface area contributed by atoms with E-state index in [1.807, 2.05) is 0 Å². The van der Waals surface area contributed by atoms with Crippen LogP contribution in [0.25, 0.3) is 0 Å². The van der Waals surface area contributed by atoms with E-state index >= 15 is 0 Å². The quantitative estimate of drug-likeness (QED) is 0.382. The molecule has 2 aromatic carbocycles. The van der Waals surface area contributed by atoms with Crippen molar-refractivity contribution in [1.82, 2.24) is 0 Å². The molecule has 2 rings (SSSR count). The Hall–Kier alpha value is -2.03. The second-order valence-electron chi connectivity index (χ2n) is 5.86. The Morgan fingerprint density at radius 3 is 1.37 bits per heavy atom. The van der Waals surface area contributed by atoms with Gasteiger partial charge in [0.25, 0.3) is 0 Å². The van der Waals surface area contributed by atoms with E-state index in [0.29, 0.717) is 35.5 Å². The van der Waals surface area contributed by atoms with Crippen LogP contribution in [0, 0.1) is 0 Å². The van der Waals surface area contributed by atoms with Gasteiger partial charge in [0.2, 0.25) is 0 Å². The number of benzene rings is 2. The van der Waals surface area contributed by atoms with Crippen LogP contribution >= 0.6 is 11.8 Å². The molecule has 0 fully saturated rings. The molecule has 0 bridgehead atoms. The minimum Gasteiger partial charge on any atom is -0.398 e. The number of alkyl halides is 6. The van der Waals surface area contributed by atoms with Crippen molar-refractivity contribution in [3.8, 4) is 0 Å². The lowest BCUT2D eigenvalue weighted by Crippen LogP contribution is -2.11. The van der Waals surface area contributed by atoms with Crippen molar-refractivity contribution in [2.75, 3.05) is 23.0 Å². The minimum absolute atomic E-state index is 0.285. The van der Waals surface area contributed by atoms with Gasteiger partial charge in [0, 0.05) is 11.4 Å². The maximum absolute atomic E-state index is 12.8. The summed E-state index contributed by atoms with van der Waals surface area (Å²) >= 11 is 1.41. The predicted octanol–water partition coefficient (Wildman–Crippen LogP) is 5.41. The molecule has 0 heterocycles. The summed E-state index contributed by atoms with van der Waals surface area (Å²) < 4.78 is 77.0. The Morgan fingerprint density at radius 1 is 0.667 bits per heavy atom. The van der Waals surface area contributed by atoms with Crippen molar-refractivity contribution >= 4 is 23.1 Å². The average molecular weight is 408 g/mol. The SMILES string of the molecule is Nc1c(CCSCCc2cccc(C(F)(F)F)c2N)cccc1C(F)(F)F. The lowest BCUT2D eigenvalue weighted by Gasteiger charge is -2.14. The number of rotatable bonds is 6. The van der Waals surface area contributed by atoms with Gasteiger partial charge in [-0.15, -0.1) is 0 Å². The average Bonchev–Trinajstić information content (AvgIpc) is 2.55. The van der Waals surface area contributed by atoms with Gasteiger partial charge in [0.15, 0.2) is 0 Å². The number of nitrogen functional groups attached to an aromatic ring is 2. The third-order valence-electron chi connectivity index (χ3n) is 4.04. The molecule has 148 valence electrons. The maximum atomic E-state index is 12.8. The first kappa shape index (κ1) is 21.3. The number of anilines is 2. The van der Waals surface area contributed by atoms with E-state index in [9.17, 15) is 26.3 Å². The molecule has 0 spiro atoms. The molecule has 0 saturated heterocycles. The molecule has 2 nitrogen and oxygen atoms in total. The van der Waals surface area contributed by atoms with Crippen LogP contribution in [-0.2, 0) is 25.2 Å². The first-order valence-corrected chi connectivity index (χ1v) is 9.14. The second-order valence-corrected chi connectivity index (χ2v) is 7.09. The Bertz CT molecular complexity index is 721. The zero-order chi connectivity index (χ0) is 20.2. The van der Waals surface area contributed by atoms with Gasteiger partial charge >= 0.3 is 12.4 Å². The van der Waals surface area contributed by atoms with E-state index in [0.717, 1.165) is 12.1 Å². The van der Waals surface area contributed by atoms with E-state index in [2.05, 4.69) is 0 Å². The molecular formula is C18H18F6N2S. The van der Waals surface area contributed by atoms with Gasteiger partial charge in [-0.1, -0.05) is 24.3 Å². The van der Waals surface area contributed by atoms with Gasteiger partial charge in [0.1, 0.15) is 0 Å². The zero-order valence-corrected chi connectivity index (χ0v) is 14.9. The van der Waals surface area contributed by atoms with Crippen LogP contribution < -0.4 is 11.5 Å². The largest absolute Gasteiger partial charge is 0.418 e. The standard InChI is InChI=1S/C18H18F6N2S/c19-17(20,21)13-5-1-3-11(15(13)25)7-9-27-10-8-12-4-2-6-14(16(12)26)18(22,23)24/h1-6H,7-10,25-26H2. The number of para-hydroxylation sites is 2. The van der Waals surface area contributed by atoms with Crippen LogP contribution in [-0.4, -0.2) is 11.5 Å².